The Kier molecular flexibility index (Phi) is 5.14. The second-order valence-electron chi connectivity index (χ2n) is 5.73. The highest BCUT2D eigenvalue weighted by Crippen LogP contribution is 2.43. The maximum atomic E-state index is 8.60. The summed E-state index contributed by atoms with van der Waals surface area (Å²) in [5, 5.41) is 4.37. The van der Waals surface area contributed by atoms with Gasteiger partial charge in [0.25, 0.3) is 0 Å². The standard InChI is InChI=1S/C18H19ClN4O/c1-2-10-23-12-13(11-21-22-20)24-18-15(7-5-9-17(18)23)14-6-3-4-8-16(14)19/h3-9,13H,2,10-12H2,1H3. The second-order valence-corrected chi connectivity index (χ2v) is 6.14. The van der Waals surface area contributed by atoms with Gasteiger partial charge >= 0.3 is 0 Å². The first-order valence-electron chi connectivity index (χ1n) is 8.05. The van der Waals surface area contributed by atoms with E-state index in [0.29, 0.717) is 18.1 Å². The Bertz CT molecular complexity index is 773. The maximum Gasteiger partial charge on any atom is 0.150 e. The largest absolute Gasteiger partial charge is 0.486 e. The van der Waals surface area contributed by atoms with Crippen LogP contribution >= 0.6 is 11.6 Å². The van der Waals surface area contributed by atoms with Crippen molar-refractivity contribution in [2.45, 2.75) is 19.4 Å². The number of benzene rings is 2. The van der Waals surface area contributed by atoms with Gasteiger partial charge in [-0.25, -0.2) is 0 Å². The highest BCUT2D eigenvalue weighted by molar-refractivity contribution is 6.33. The van der Waals surface area contributed by atoms with Crippen molar-refractivity contribution in [3.8, 4) is 16.9 Å². The summed E-state index contributed by atoms with van der Waals surface area (Å²) in [5.41, 5.74) is 11.6. The lowest BCUT2D eigenvalue weighted by molar-refractivity contribution is 0.202. The zero-order valence-corrected chi connectivity index (χ0v) is 14.3. The van der Waals surface area contributed by atoms with Crippen LogP contribution in [0.2, 0.25) is 5.02 Å². The highest BCUT2D eigenvalue weighted by Gasteiger charge is 2.27. The summed E-state index contributed by atoms with van der Waals surface area (Å²) in [4.78, 5) is 5.15. The molecule has 0 N–H and O–H groups in total. The quantitative estimate of drug-likeness (QED) is 0.420. The van der Waals surface area contributed by atoms with E-state index in [1.165, 1.54) is 0 Å². The maximum absolute atomic E-state index is 8.60. The van der Waals surface area contributed by atoms with E-state index in [1.807, 2.05) is 36.4 Å². The number of para-hydroxylation sites is 1. The van der Waals surface area contributed by atoms with Crippen molar-refractivity contribution in [3.05, 3.63) is 57.9 Å². The van der Waals surface area contributed by atoms with Crippen molar-refractivity contribution in [3.63, 3.8) is 0 Å². The number of anilines is 1. The lowest BCUT2D eigenvalue weighted by Gasteiger charge is -2.37. The number of azide groups is 1. The lowest BCUT2D eigenvalue weighted by atomic mass is 10.0. The Morgan fingerprint density at radius 2 is 2.04 bits per heavy atom. The van der Waals surface area contributed by atoms with E-state index < -0.39 is 0 Å². The molecular weight excluding hydrogens is 324 g/mol. The van der Waals surface area contributed by atoms with Gasteiger partial charge in [0.2, 0.25) is 0 Å². The van der Waals surface area contributed by atoms with Gasteiger partial charge < -0.3 is 9.64 Å². The number of halogens is 1. The van der Waals surface area contributed by atoms with Crippen LogP contribution in [0.25, 0.3) is 21.6 Å². The van der Waals surface area contributed by atoms with Crippen LogP contribution in [-0.4, -0.2) is 25.7 Å². The molecule has 1 aliphatic heterocycles. The monoisotopic (exact) mass is 342 g/mol. The molecule has 24 heavy (non-hydrogen) atoms. The average molecular weight is 343 g/mol. The molecule has 1 unspecified atom stereocenters. The van der Waals surface area contributed by atoms with Crippen molar-refractivity contribution < 1.29 is 4.74 Å². The normalized spacial score (nSPS) is 16.1. The summed E-state index contributed by atoms with van der Waals surface area (Å²) >= 11 is 6.38. The predicted molar refractivity (Wildman–Crippen MR) is 97.8 cm³/mol. The zero-order chi connectivity index (χ0) is 16.9. The first kappa shape index (κ1) is 16.5. The Labute approximate surface area is 146 Å². The summed E-state index contributed by atoms with van der Waals surface area (Å²) < 4.78 is 6.19. The molecule has 6 heteroatoms. The van der Waals surface area contributed by atoms with Crippen LogP contribution < -0.4 is 9.64 Å². The number of nitrogens with zero attached hydrogens (tertiary/aromatic N) is 4. The van der Waals surface area contributed by atoms with Gasteiger partial charge in [0.15, 0.2) is 5.75 Å². The molecule has 1 heterocycles. The van der Waals surface area contributed by atoms with Crippen molar-refractivity contribution in [1.29, 1.82) is 0 Å². The van der Waals surface area contributed by atoms with E-state index >= 15 is 0 Å². The van der Waals surface area contributed by atoms with Gasteiger partial charge in [0.05, 0.1) is 18.8 Å². The van der Waals surface area contributed by atoms with Crippen LogP contribution in [0.4, 0.5) is 5.69 Å². The van der Waals surface area contributed by atoms with Gasteiger partial charge in [0, 0.05) is 27.6 Å². The molecule has 0 saturated heterocycles. The zero-order valence-electron chi connectivity index (χ0n) is 13.5. The number of rotatable bonds is 5. The van der Waals surface area contributed by atoms with Gasteiger partial charge in [-0.15, -0.1) is 0 Å². The number of hydrogen-bond donors (Lipinski definition) is 0. The molecule has 2 aromatic rings. The molecule has 5 nitrogen and oxygen atoms in total. The molecule has 1 aliphatic rings. The van der Waals surface area contributed by atoms with Crippen LogP contribution in [0.3, 0.4) is 0 Å². The smallest absolute Gasteiger partial charge is 0.150 e. The molecule has 1 atom stereocenters. The lowest BCUT2D eigenvalue weighted by Crippen LogP contribution is -2.42. The number of fused-ring (bicyclic) bond motifs is 1. The number of ether oxygens (including phenoxy) is 1. The van der Waals surface area contributed by atoms with Crippen molar-refractivity contribution >= 4 is 17.3 Å². The fourth-order valence-corrected chi connectivity index (χ4v) is 3.28. The van der Waals surface area contributed by atoms with E-state index in [4.69, 9.17) is 21.9 Å². The Hall–Kier alpha value is -2.36. The minimum absolute atomic E-state index is 0.163. The minimum Gasteiger partial charge on any atom is -0.486 e. The molecular formula is C18H19ClN4O. The molecule has 0 bridgehead atoms. The predicted octanol–water partition coefficient (Wildman–Crippen LogP) is 5.29. The molecule has 124 valence electrons. The van der Waals surface area contributed by atoms with Gasteiger partial charge in [-0.2, -0.15) is 0 Å². The number of hydrogen-bond acceptors (Lipinski definition) is 3. The fraction of sp³-hybridized carbons (Fsp3) is 0.333. The van der Waals surface area contributed by atoms with Crippen LogP contribution in [0.5, 0.6) is 5.75 Å². The van der Waals surface area contributed by atoms with Crippen LogP contribution in [0.15, 0.2) is 47.6 Å². The molecule has 2 aromatic carbocycles. The first-order valence-corrected chi connectivity index (χ1v) is 8.42. The minimum atomic E-state index is -0.163. The summed E-state index contributed by atoms with van der Waals surface area (Å²) in [6, 6.07) is 13.8. The SMILES string of the molecule is CCCN1CC(CN=[N+]=[N-])Oc2c(-c3ccccc3Cl)cccc21. The van der Waals surface area contributed by atoms with Crippen molar-refractivity contribution in [2.24, 2.45) is 5.11 Å². The van der Waals surface area contributed by atoms with Gasteiger partial charge in [-0.3, -0.25) is 0 Å². The van der Waals surface area contributed by atoms with Crippen molar-refractivity contribution in [2.75, 3.05) is 24.5 Å². The average Bonchev–Trinajstić information content (AvgIpc) is 2.60. The van der Waals surface area contributed by atoms with Crippen LogP contribution in [-0.2, 0) is 0 Å². The van der Waals surface area contributed by atoms with Gasteiger partial charge in [-0.1, -0.05) is 54.0 Å². The fourth-order valence-electron chi connectivity index (χ4n) is 3.04. The summed E-state index contributed by atoms with van der Waals surface area (Å²) in [7, 11) is 0. The van der Waals surface area contributed by atoms with Gasteiger partial charge in [0.1, 0.15) is 6.10 Å². The summed E-state index contributed by atoms with van der Waals surface area (Å²) in [6.07, 6.45) is 0.868. The van der Waals surface area contributed by atoms with E-state index in [0.717, 1.165) is 35.5 Å². The third-order valence-electron chi connectivity index (χ3n) is 4.05. The Morgan fingerprint density at radius 1 is 1.25 bits per heavy atom. The van der Waals surface area contributed by atoms with E-state index in [9.17, 15) is 0 Å². The molecule has 3 rings (SSSR count). The summed E-state index contributed by atoms with van der Waals surface area (Å²) in [6.45, 7) is 4.10. The molecule has 0 radical (unpaired) electrons. The molecule has 0 fully saturated rings. The molecule has 0 saturated carbocycles. The Balaban J connectivity index is 2.07. The van der Waals surface area contributed by atoms with E-state index in [1.54, 1.807) is 0 Å². The molecule has 0 aliphatic carbocycles. The Morgan fingerprint density at radius 3 is 2.79 bits per heavy atom. The van der Waals surface area contributed by atoms with E-state index in [-0.39, 0.29) is 6.10 Å². The second kappa shape index (κ2) is 7.47. The molecule has 0 spiro atoms. The molecule has 0 aromatic heterocycles. The van der Waals surface area contributed by atoms with Crippen LogP contribution in [0, 0.1) is 0 Å². The third kappa shape index (κ3) is 3.28. The van der Waals surface area contributed by atoms with E-state index in [2.05, 4.69) is 27.9 Å². The molecule has 0 amide bonds. The first-order chi connectivity index (χ1) is 11.7. The third-order valence-corrected chi connectivity index (χ3v) is 4.38. The highest BCUT2D eigenvalue weighted by atomic mass is 35.5. The van der Waals surface area contributed by atoms with Crippen LogP contribution in [0.1, 0.15) is 13.3 Å². The topological polar surface area (TPSA) is 61.2 Å². The van der Waals surface area contributed by atoms with Crippen molar-refractivity contribution in [1.82, 2.24) is 0 Å². The summed E-state index contributed by atoms with van der Waals surface area (Å²) in [5.74, 6) is 0.809. The van der Waals surface area contributed by atoms with Gasteiger partial charge in [-0.05, 0) is 24.1 Å².